The molecule has 0 aromatic heterocycles. The third-order valence-corrected chi connectivity index (χ3v) is 3.51. The predicted octanol–water partition coefficient (Wildman–Crippen LogP) is 2.12. The Labute approximate surface area is 170 Å². The number of hydrogen-bond acceptors (Lipinski definition) is 4. The summed E-state index contributed by atoms with van der Waals surface area (Å²) in [6, 6.07) is 19.5. The number of carbonyl (C=O) groups excluding carboxylic acids is 2. The molecule has 1 radical (unpaired) electrons. The monoisotopic (exact) mass is 413 g/mol. The van der Waals surface area contributed by atoms with Crippen molar-refractivity contribution in [3.05, 3.63) is 96.5 Å². The second kappa shape index (κ2) is 15.6. The quantitative estimate of drug-likeness (QED) is 0.377. The van der Waals surface area contributed by atoms with Crippen LogP contribution in [0.2, 0.25) is 0 Å². The van der Waals surface area contributed by atoms with Crippen LogP contribution in [0, 0.1) is 0 Å². The summed E-state index contributed by atoms with van der Waals surface area (Å²) in [4.78, 5) is 21.9. The summed E-state index contributed by atoms with van der Waals surface area (Å²) in [7, 11) is 0. The summed E-state index contributed by atoms with van der Waals surface area (Å²) in [5.41, 5.74) is 2.24. The maximum Gasteiger partial charge on any atom is 2.00 e. The van der Waals surface area contributed by atoms with Crippen LogP contribution < -0.4 is 10.2 Å². The Bertz CT molecular complexity index is 646. The zero-order valence-electron chi connectivity index (χ0n) is 14.8. The van der Waals surface area contributed by atoms with Gasteiger partial charge < -0.3 is 10.2 Å². The molecule has 2 aromatic carbocycles. The normalized spacial score (nSPS) is 10.1. The average molecular weight is 414 g/mol. The molecule has 0 N–H and O–H groups in total. The van der Waals surface area contributed by atoms with Gasteiger partial charge in [-0.25, -0.2) is 0 Å². The molecule has 0 aliphatic rings. The predicted molar refractivity (Wildman–Crippen MR) is 97.8 cm³/mol. The minimum Gasteiger partial charge on any atom is -0.878 e. The van der Waals surface area contributed by atoms with E-state index in [2.05, 4.69) is 0 Å². The van der Waals surface area contributed by atoms with E-state index in [1.807, 2.05) is 60.7 Å². The minimum absolute atomic E-state index is 0. The van der Waals surface area contributed by atoms with E-state index in [1.165, 1.54) is 0 Å². The molecule has 27 heavy (non-hydrogen) atoms. The molecule has 0 aliphatic carbocycles. The van der Waals surface area contributed by atoms with Crippen molar-refractivity contribution in [2.24, 2.45) is 0 Å². The number of hydrogen-bond donors (Lipinski definition) is 0. The van der Waals surface area contributed by atoms with Crippen molar-refractivity contribution in [2.45, 2.75) is 25.7 Å². The fourth-order valence-electron chi connectivity index (χ4n) is 2.14. The van der Waals surface area contributed by atoms with Crippen molar-refractivity contribution < 1.29 is 36.9 Å². The first-order valence-electron chi connectivity index (χ1n) is 8.36. The molecule has 5 heteroatoms. The molecule has 0 amide bonds. The standard InChI is InChI=1S/2C11H12O2.Cu/c2*12-9-8-11(13)7-6-10-4-2-1-3-5-10;/h2*1-5,8-9,12H,6-7H2;/q;;+2/p-2/b2*9-8+;. The van der Waals surface area contributed by atoms with E-state index >= 15 is 0 Å². The molecule has 0 fully saturated rings. The molecule has 0 bridgehead atoms. The SMILES string of the molecule is O=C(/C=C/[O-])CCc1ccccc1.O=C(/C=C/[O-])CCc1ccccc1.[Cu+2]. The van der Waals surface area contributed by atoms with Crippen LogP contribution >= 0.6 is 0 Å². The number of aryl methyl sites for hydroxylation is 2. The van der Waals surface area contributed by atoms with E-state index < -0.39 is 0 Å². The number of benzene rings is 2. The first-order chi connectivity index (χ1) is 12.7. The summed E-state index contributed by atoms with van der Waals surface area (Å²) in [6.45, 7) is 0. The molecule has 0 unspecified atom stereocenters. The van der Waals surface area contributed by atoms with Crippen molar-refractivity contribution >= 4 is 11.6 Å². The largest absolute Gasteiger partial charge is 2.00 e. The van der Waals surface area contributed by atoms with E-state index in [1.54, 1.807) is 0 Å². The molecule has 2 rings (SSSR count). The van der Waals surface area contributed by atoms with Gasteiger partial charge in [-0.2, -0.15) is 0 Å². The maximum atomic E-state index is 10.9. The summed E-state index contributed by atoms with van der Waals surface area (Å²) < 4.78 is 0. The molecule has 0 atom stereocenters. The fourth-order valence-corrected chi connectivity index (χ4v) is 2.14. The van der Waals surface area contributed by atoms with E-state index in [-0.39, 0.29) is 28.6 Å². The van der Waals surface area contributed by atoms with Gasteiger partial charge in [0.05, 0.1) is 0 Å². The van der Waals surface area contributed by atoms with Crippen LogP contribution in [0.3, 0.4) is 0 Å². The van der Waals surface area contributed by atoms with E-state index in [4.69, 9.17) is 0 Å². The second-order valence-corrected chi connectivity index (χ2v) is 5.51. The van der Waals surface area contributed by atoms with Gasteiger partial charge in [0.1, 0.15) is 0 Å². The third-order valence-electron chi connectivity index (χ3n) is 3.51. The van der Waals surface area contributed by atoms with Crippen LogP contribution in [0.4, 0.5) is 0 Å². The zero-order chi connectivity index (χ0) is 19.0. The Balaban J connectivity index is 0.000000483. The van der Waals surface area contributed by atoms with Crippen molar-refractivity contribution in [3.8, 4) is 0 Å². The molecule has 0 aliphatic heterocycles. The first-order valence-corrected chi connectivity index (χ1v) is 8.36. The van der Waals surface area contributed by atoms with E-state index in [9.17, 15) is 19.8 Å². The Hall–Kier alpha value is -2.62. The third kappa shape index (κ3) is 12.4. The molecule has 0 saturated heterocycles. The summed E-state index contributed by atoms with van der Waals surface area (Å²) >= 11 is 0. The zero-order valence-corrected chi connectivity index (χ0v) is 15.8. The van der Waals surface area contributed by atoms with Crippen LogP contribution in [-0.4, -0.2) is 11.6 Å². The van der Waals surface area contributed by atoms with Crippen molar-refractivity contribution in [1.82, 2.24) is 0 Å². The average Bonchev–Trinajstić information content (AvgIpc) is 2.67. The molecule has 0 spiro atoms. The van der Waals surface area contributed by atoms with Gasteiger partial charge in [0, 0.05) is 12.8 Å². The second-order valence-electron chi connectivity index (χ2n) is 5.51. The molecular weight excluding hydrogens is 392 g/mol. The van der Waals surface area contributed by atoms with Gasteiger partial charge in [-0.1, -0.05) is 60.7 Å². The van der Waals surface area contributed by atoms with E-state index in [0.29, 0.717) is 38.2 Å². The van der Waals surface area contributed by atoms with Gasteiger partial charge in [0.2, 0.25) is 0 Å². The maximum absolute atomic E-state index is 10.9. The van der Waals surface area contributed by atoms with Crippen LogP contribution in [0.25, 0.3) is 0 Å². The van der Waals surface area contributed by atoms with Crippen LogP contribution in [0.1, 0.15) is 24.0 Å². The molecule has 4 nitrogen and oxygen atoms in total. The Kier molecular flexibility index (Phi) is 14.1. The summed E-state index contributed by atoms with van der Waals surface area (Å²) in [6.07, 6.45) is 5.42. The fraction of sp³-hybridized carbons (Fsp3) is 0.182. The smallest absolute Gasteiger partial charge is 0.878 e. The topological polar surface area (TPSA) is 80.3 Å². The van der Waals surface area contributed by atoms with Crippen molar-refractivity contribution in [1.29, 1.82) is 0 Å². The van der Waals surface area contributed by atoms with Gasteiger partial charge in [0.25, 0.3) is 0 Å². The van der Waals surface area contributed by atoms with Crippen LogP contribution in [-0.2, 0) is 39.5 Å². The number of ketones is 2. The van der Waals surface area contributed by atoms with Crippen molar-refractivity contribution in [3.63, 3.8) is 0 Å². The van der Waals surface area contributed by atoms with E-state index in [0.717, 1.165) is 23.3 Å². The van der Waals surface area contributed by atoms with Gasteiger partial charge in [-0.15, -0.1) is 12.5 Å². The Morgan fingerprint density at radius 2 is 1.00 bits per heavy atom. The van der Waals surface area contributed by atoms with Crippen LogP contribution in [0.5, 0.6) is 0 Å². The minimum atomic E-state index is -0.112. The number of allylic oxidation sites excluding steroid dienone is 2. The molecule has 2 aromatic rings. The van der Waals surface area contributed by atoms with Crippen molar-refractivity contribution in [2.75, 3.05) is 0 Å². The molecule has 0 heterocycles. The molecular formula is C22H22CuO4. The Morgan fingerprint density at radius 3 is 1.30 bits per heavy atom. The number of rotatable bonds is 8. The van der Waals surface area contributed by atoms with Gasteiger partial charge >= 0.3 is 17.1 Å². The van der Waals surface area contributed by atoms with Gasteiger partial charge in [0.15, 0.2) is 11.6 Å². The Morgan fingerprint density at radius 1 is 0.667 bits per heavy atom. The molecule has 0 saturated carbocycles. The number of carbonyl (C=O) groups is 2. The van der Waals surface area contributed by atoms with Gasteiger partial charge in [-0.05, 0) is 36.1 Å². The first kappa shape index (κ1) is 24.4. The molecule has 145 valence electrons. The summed E-state index contributed by atoms with van der Waals surface area (Å²) in [5.74, 6) is -0.224. The summed E-state index contributed by atoms with van der Waals surface area (Å²) in [5, 5.41) is 19.9. The van der Waals surface area contributed by atoms with Crippen LogP contribution in [0.15, 0.2) is 85.3 Å². The van der Waals surface area contributed by atoms with Gasteiger partial charge in [-0.3, -0.25) is 9.59 Å².